The monoisotopic (exact) mass is 484 g/mol. The highest BCUT2D eigenvalue weighted by atomic mass is 16.7. The van der Waals surface area contributed by atoms with Crippen molar-refractivity contribution in [1.29, 1.82) is 0 Å². The Balaban J connectivity index is 1.89. The van der Waals surface area contributed by atoms with Gasteiger partial charge in [0.05, 0.1) is 25.4 Å². The number of fused-ring (bicyclic) bond motifs is 1. The van der Waals surface area contributed by atoms with Crippen molar-refractivity contribution in [2.45, 2.75) is 103 Å². The van der Waals surface area contributed by atoms with Crippen LogP contribution in [0.15, 0.2) is 23.8 Å². The van der Waals surface area contributed by atoms with Gasteiger partial charge in [-0.05, 0) is 67.3 Å². The third-order valence-electron chi connectivity index (χ3n) is 9.03. The number of hydrogen-bond acceptors (Lipinski definition) is 8. The molecule has 0 unspecified atom stereocenters. The Labute approximate surface area is 202 Å². The number of aliphatic hydroxyl groups is 6. The highest BCUT2D eigenvalue weighted by Gasteiger charge is 2.58. The van der Waals surface area contributed by atoms with Gasteiger partial charge in [0.1, 0.15) is 24.4 Å². The molecule has 2 saturated carbocycles. The number of rotatable bonds is 7. The van der Waals surface area contributed by atoms with Gasteiger partial charge in [0, 0.05) is 0 Å². The van der Waals surface area contributed by atoms with Gasteiger partial charge in [-0.3, -0.25) is 0 Å². The van der Waals surface area contributed by atoms with Crippen molar-refractivity contribution in [3.8, 4) is 0 Å². The molecule has 3 fully saturated rings. The summed E-state index contributed by atoms with van der Waals surface area (Å²) in [7, 11) is 0. The van der Waals surface area contributed by atoms with Crippen LogP contribution in [0.2, 0.25) is 0 Å². The Kier molecular flexibility index (Phi) is 8.69. The van der Waals surface area contributed by atoms with E-state index in [9.17, 15) is 30.6 Å². The molecule has 1 saturated heterocycles. The van der Waals surface area contributed by atoms with Gasteiger partial charge in [0.15, 0.2) is 6.29 Å². The van der Waals surface area contributed by atoms with Crippen LogP contribution in [0.4, 0.5) is 0 Å². The summed E-state index contributed by atoms with van der Waals surface area (Å²) < 4.78 is 11.8. The van der Waals surface area contributed by atoms with Gasteiger partial charge < -0.3 is 40.1 Å². The maximum atomic E-state index is 10.9. The zero-order valence-electron chi connectivity index (χ0n) is 20.9. The maximum absolute atomic E-state index is 10.9. The van der Waals surface area contributed by atoms with Crippen molar-refractivity contribution < 1.29 is 40.1 Å². The molecule has 0 aromatic heterocycles. The zero-order chi connectivity index (χ0) is 25.4. The van der Waals surface area contributed by atoms with Crippen LogP contribution < -0.4 is 0 Å². The van der Waals surface area contributed by atoms with E-state index < -0.39 is 49.5 Å². The third-order valence-corrected chi connectivity index (χ3v) is 9.03. The fraction of sp³-hybridized carbons (Fsp3) is 0.846. The molecule has 0 aromatic carbocycles. The first-order chi connectivity index (χ1) is 15.9. The molecule has 196 valence electrons. The van der Waals surface area contributed by atoms with Gasteiger partial charge in [0.25, 0.3) is 0 Å². The van der Waals surface area contributed by atoms with Crippen LogP contribution in [0, 0.1) is 22.7 Å². The topological polar surface area (TPSA) is 140 Å². The van der Waals surface area contributed by atoms with Crippen molar-refractivity contribution in [3.05, 3.63) is 23.8 Å². The molecule has 6 N–H and O–H groups in total. The van der Waals surface area contributed by atoms with E-state index in [1.165, 1.54) is 0 Å². The van der Waals surface area contributed by atoms with Gasteiger partial charge in [0.2, 0.25) is 0 Å². The molecule has 2 aliphatic carbocycles. The number of allylic oxidation sites excluding steroid dienone is 1. The number of hydrogen-bond donors (Lipinski definition) is 6. The van der Waals surface area contributed by atoms with Gasteiger partial charge in [-0.2, -0.15) is 0 Å². The van der Waals surface area contributed by atoms with Gasteiger partial charge in [-0.25, -0.2) is 0 Å². The lowest BCUT2D eigenvalue weighted by atomic mass is 9.46. The standard InChI is InChI=1S/C26H44O8/c1-14(9-11-27)6-7-16-15(2)17(12-19-25(3,4)20(29)8-10-26(16,19)5)33-24-23(32)22(31)21(30)18(13-28)34-24/h9,16-24,27-32H,2,6-8,10-13H2,1,3-5H3/b14-9-/t16-,17-,18-,19-,20-,21-,22+,23+,24-,26-/m1/s1. The summed E-state index contributed by atoms with van der Waals surface area (Å²) in [5, 5.41) is 60.5. The second kappa shape index (κ2) is 10.6. The van der Waals surface area contributed by atoms with Crippen LogP contribution in [0.3, 0.4) is 0 Å². The summed E-state index contributed by atoms with van der Waals surface area (Å²) in [5.74, 6) is 0.186. The summed E-state index contributed by atoms with van der Waals surface area (Å²) in [6, 6.07) is 0. The molecule has 0 amide bonds. The molecular formula is C26H44O8. The zero-order valence-corrected chi connectivity index (χ0v) is 20.9. The maximum Gasteiger partial charge on any atom is 0.187 e. The van der Waals surface area contributed by atoms with E-state index in [0.29, 0.717) is 12.8 Å². The van der Waals surface area contributed by atoms with E-state index in [4.69, 9.17) is 9.47 Å². The quantitative estimate of drug-likeness (QED) is 0.235. The van der Waals surface area contributed by atoms with E-state index in [1.807, 2.05) is 13.0 Å². The van der Waals surface area contributed by atoms with Gasteiger partial charge in [-0.15, -0.1) is 0 Å². The molecular weight excluding hydrogens is 440 g/mol. The van der Waals surface area contributed by atoms with Gasteiger partial charge >= 0.3 is 0 Å². The van der Waals surface area contributed by atoms with Crippen molar-refractivity contribution in [2.75, 3.05) is 13.2 Å². The molecule has 3 rings (SSSR count). The highest BCUT2D eigenvalue weighted by Crippen LogP contribution is 2.62. The summed E-state index contributed by atoms with van der Waals surface area (Å²) in [4.78, 5) is 0. The third kappa shape index (κ3) is 5.02. The van der Waals surface area contributed by atoms with E-state index in [1.54, 1.807) is 0 Å². The molecule has 10 atom stereocenters. The Bertz CT molecular complexity index is 749. The van der Waals surface area contributed by atoms with Gasteiger partial charge in [-0.1, -0.05) is 39.0 Å². The molecule has 0 radical (unpaired) electrons. The van der Waals surface area contributed by atoms with Crippen molar-refractivity contribution >= 4 is 0 Å². The second-order valence-corrected chi connectivity index (χ2v) is 11.4. The molecule has 8 heteroatoms. The minimum absolute atomic E-state index is 0.000588. The summed E-state index contributed by atoms with van der Waals surface area (Å²) in [6.07, 6.45) is -2.05. The normalized spacial score (nSPS) is 45.2. The molecule has 3 aliphatic rings. The Morgan fingerprint density at radius 2 is 1.79 bits per heavy atom. The number of aliphatic hydroxyl groups excluding tert-OH is 6. The van der Waals surface area contributed by atoms with Crippen LogP contribution in [0.25, 0.3) is 0 Å². The molecule has 8 nitrogen and oxygen atoms in total. The SMILES string of the molecule is C=C1[C@@H](CC/C(C)=C\CO)[C@@]2(C)CC[C@@H](O)C(C)(C)[C@H]2C[C@H]1O[C@@H]1O[C@H](CO)[C@@H](O)[C@H](O)[C@@H]1O. The Morgan fingerprint density at radius 1 is 1.12 bits per heavy atom. The molecule has 0 bridgehead atoms. The molecule has 0 spiro atoms. The van der Waals surface area contributed by atoms with E-state index in [0.717, 1.165) is 30.4 Å². The van der Waals surface area contributed by atoms with Crippen molar-refractivity contribution in [3.63, 3.8) is 0 Å². The number of ether oxygens (including phenoxy) is 2. The molecule has 1 heterocycles. The Hall–Kier alpha value is -0.840. The molecule has 0 aromatic rings. The fourth-order valence-corrected chi connectivity index (χ4v) is 6.71. The van der Waals surface area contributed by atoms with E-state index in [2.05, 4.69) is 27.4 Å². The lowest BCUT2D eigenvalue weighted by Gasteiger charge is -2.61. The summed E-state index contributed by atoms with van der Waals surface area (Å²) in [6.45, 7) is 12.3. The Morgan fingerprint density at radius 3 is 2.41 bits per heavy atom. The lowest BCUT2D eigenvalue weighted by Crippen LogP contribution is -2.61. The molecule has 1 aliphatic heterocycles. The minimum atomic E-state index is -1.51. The second-order valence-electron chi connectivity index (χ2n) is 11.4. The first-order valence-electron chi connectivity index (χ1n) is 12.5. The lowest BCUT2D eigenvalue weighted by molar-refractivity contribution is -0.313. The predicted molar refractivity (Wildman–Crippen MR) is 127 cm³/mol. The van der Waals surface area contributed by atoms with E-state index >= 15 is 0 Å². The van der Waals surface area contributed by atoms with Crippen LogP contribution in [-0.4, -0.2) is 86.8 Å². The van der Waals surface area contributed by atoms with Crippen LogP contribution in [-0.2, 0) is 9.47 Å². The minimum Gasteiger partial charge on any atom is -0.394 e. The van der Waals surface area contributed by atoms with Crippen LogP contribution >= 0.6 is 0 Å². The van der Waals surface area contributed by atoms with Crippen LogP contribution in [0.5, 0.6) is 0 Å². The first kappa shape index (κ1) is 27.7. The van der Waals surface area contributed by atoms with Crippen LogP contribution in [0.1, 0.15) is 59.8 Å². The highest BCUT2D eigenvalue weighted by molar-refractivity contribution is 5.22. The summed E-state index contributed by atoms with van der Waals surface area (Å²) >= 11 is 0. The van der Waals surface area contributed by atoms with E-state index in [-0.39, 0.29) is 29.3 Å². The fourth-order valence-electron chi connectivity index (χ4n) is 6.71. The summed E-state index contributed by atoms with van der Waals surface area (Å²) in [5.41, 5.74) is 1.52. The molecule has 34 heavy (non-hydrogen) atoms. The van der Waals surface area contributed by atoms with Crippen molar-refractivity contribution in [1.82, 2.24) is 0 Å². The average molecular weight is 485 g/mol. The van der Waals surface area contributed by atoms with Crippen molar-refractivity contribution in [2.24, 2.45) is 22.7 Å². The predicted octanol–water partition coefficient (Wildman–Crippen LogP) is 1.27. The smallest absolute Gasteiger partial charge is 0.187 e. The first-order valence-corrected chi connectivity index (χ1v) is 12.5. The largest absolute Gasteiger partial charge is 0.394 e. The average Bonchev–Trinajstić information content (AvgIpc) is 2.78.